The average Bonchev–Trinajstić information content (AvgIpc) is 2.27. The number of hydrogen-bond acceptors (Lipinski definition) is 3. The number of nitrogens with zero attached hydrogens (tertiary/aromatic N) is 1. The first-order chi connectivity index (χ1) is 7.15. The van der Waals surface area contributed by atoms with E-state index in [1.807, 2.05) is 12.1 Å². The molecule has 3 atom stereocenters. The van der Waals surface area contributed by atoms with E-state index in [0.717, 1.165) is 18.7 Å². The molecule has 0 saturated carbocycles. The minimum absolute atomic E-state index is 0.213. The zero-order chi connectivity index (χ0) is 10.9. The van der Waals surface area contributed by atoms with Crippen LogP contribution in [0.4, 0.5) is 0 Å². The lowest BCUT2D eigenvalue weighted by Gasteiger charge is -2.43. The van der Waals surface area contributed by atoms with Gasteiger partial charge in [-0.05, 0) is 6.07 Å². The first kappa shape index (κ1) is 10.6. The van der Waals surface area contributed by atoms with Crippen LogP contribution in [-0.4, -0.2) is 23.2 Å². The third-order valence-electron chi connectivity index (χ3n) is 3.53. The van der Waals surface area contributed by atoms with Gasteiger partial charge >= 0.3 is 0 Å². The van der Waals surface area contributed by atoms with Crippen LogP contribution in [0.15, 0.2) is 24.5 Å². The van der Waals surface area contributed by atoms with Crippen LogP contribution < -0.4 is 5.32 Å². The molecule has 1 unspecified atom stereocenters. The summed E-state index contributed by atoms with van der Waals surface area (Å²) in [5, 5.41) is 14.1. The molecule has 2 N–H and O–H groups in total. The average molecular weight is 206 g/mol. The predicted octanol–water partition coefficient (Wildman–Crippen LogP) is 1.14. The summed E-state index contributed by atoms with van der Waals surface area (Å²) in [4.78, 5) is 4.09. The molecule has 0 amide bonds. The second kappa shape index (κ2) is 3.91. The van der Waals surface area contributed by atoms with Crippen molar-refractivity contribution in [3.05, 3.63) is 30.1 Å². The van der Waals surface area contributed by atoms with Crippen LogP contribution in [0.25, 0.3) is 0 Å². The SMILES string of the molecule is C[C@@H]1CNC[C@H](C)C1(O)c1cccnc1. The summed E-state index contributed by atoms with van der Waals surface area (Å²) in [5.74, 6) is 0.427. The maximum Gasteiger partial charge on any atom is 0.0986 e. The van der Waals surface area contributed by atoms with Gasteiger partial charge in [0, 0.05) is 42.9 Å². The van der Waals surface area contributed by atoms with Crippen molar-refractivity contribution in [2.24, 2.45) is 11.8 Å². The second-order valence-corrected chi connectivity index (χ2v) is 4.53. The standard InChI is InChI=1S/C12H18N2O/c1-9-6-14-7-10(2)12(9,15)11-4-3-5-13-8-11/h3-5,8-10,14-15H,6-7H2,1-2H3/t9-,10+,12?. The summed E-state index contributed by atoms with van der Waals surface area (Å²) in [6, 6.07) is 3.85. The minimum Gasteiger partial charge on any atom is -0.384 e. The maximum absolute atomic E-state index is 10.8. The maximum atomic E-state index is 10.8. The van der Waals surface area contributed by atoms with E-state index in [1.165, 1.54) is 0 Å². The summed E-state index contributed by atoms with van der Waals surface area (Å²) >= 11 is 0. The Morgan fingerprint density at radius 1 is 1.40 bits per heavy atom. The van der Waals surface area contributed by atoms with Crippen molar-refractivity contribution < 1.29 is 5.11 Å². The number of pyridine rings is 1. The quantitative estimate of drug-likeness (QED) is 0.724. The summed E-state index contributed by atoms with van der Waals surface area (Å²) in [6.07, 6.45) is 3.52. The third-order valence-corrected chi connectivity index (χ3v) is 3.53. The lowest BCUT2D eigenvalue weighted by molar-refractivity contribution is -0.0809. The van der Waals surface area contributed by atoms with Crippen molar-refractivity contribution in [2.45, 2.75) is 19.4 Å². The fourth-order valence-corrected chi connectivity index (χ4v) is 2.48. The first-order valence-electron chi connectivity index (χ1n) is 5.49. The van der Waals surface area contributed by atoms with Crippen molar-refractivity contribution in [1.82, 2.24) is 10.3 Å². The van der Waals surface area contributed by atoms with E-state index in [9.17, 15) is 5.11 Å². The van der Waals surface area contributed by atoms with Crippen molar-refractivity contribution in [2.75, 3.05) is 13.1 Å². The molecule has 3 heteroatoms. The molecule has 1 fully saturated rings. The lowest BCUT2D eigenvalue weighted by Crippen LogP contribution is -2.52. The van der Waals surface area contributed by atoms with Gasteiger partial charge in [0.1, 0.15) is 0 Å². The Morgan fingerprint density at radius 2 is 2.07 bits per heavy atom. The number of hydrogen-bond donors (Lipinski definition) is 2. The molecule has 3 nitrogen and oxygen atoms in total. The summed E-state index contributed by atoms with van der Waals surface area (Å²) in [7, 11) is 0. The summed E-state index contributed by atoms with van der Waals surface area (Å²) < 4.78 is 0. The second-order valence-electron chi connectivity index (χ2n) is 4.53. The highest BCUT2D eigenvalue weighted by Gasteiger charge is 2.43. The molecular weight excluding hydrogens is 188 g/mol. The Balaban J connectivity index is 2.38. The van der Waals surface area contributed by atoms with Crippen molar-refractivity contribution in [3.8, 4) is 0 Å². The molecule has 15 heavy (non-hydrogen) atoms. The Bertz CT molecular complexity index is 316. The van der Waals surface area contributed by atoms with Crippen LogP contribution >= 0.6 is 0 Å². The van der Waals surface area contributed by atoms with E-state index in [2.05, 4.69) is 24.1 Å². The topological polar surface area (TPSA) is 45.1 Å². The third kappa shape index (κ3) is 1.66. The number of rotatable bonds is 1. The molecule has 1 aliphatic heterocycles. The molecule has 2 rings (SSSR count). The monoisotopic (exact) mass is 206 g/mol. The molecule has 2 heterocycles. The van der Waals surface area contributed by atoms with Crippen LogP contribution in [0.3, 0.4) is 0 Å². The molecule has 0 aliphatic carbocycles. The Kier molecular flexibility index (Phi) is 2.76. The van der Waals surface area contributed by atoms with Crippen LogP contribution in [0, 0.1) is 11.8 Å². The summed E-state index contributed by atoms with van der Waals surface area (Å²) in [6.45, 7) is 5.87. The molecule has 1 aromatic rings. The summed E-state index contributed by atoms with van der Waals surface area (Å²) in [5.41, 5.74) is 0.200. The van der Waals surface area contributed by atoms with Crippen molar-refractivity contribution in [3.63, 3.8) is 0 Å². The molecule has 1 aliphatic rings. The van der Waals surface area contributed by atoms with E-state index in [-0.39, 0.29) is 11.8 Å². The molecule has 0 aromatic carbocycles. The van der Waals surface area contributed by atoms with Gasteiger partial charge in [-0.1, -0.05) is 19.9 Å². The van der Waals surface area contributed by atoms with Gasteiger partial charge < -0.3 is 10.4 Å². The van der Waals surface area contributed by atoms with Crippen LogP contribution in [0.5, 0.6) is 0 Å². The minimum atomic E-state index is -0.737. The lowest BCUT2D eigenvalue weighted by atomic mass is 9.72. The zero-order valence-corrected chi connectivity index (χ0v) is 9.27. The van der Waals surface area contributed by atoms with Gasteiger partial charge in [-0.2, -0.15) is 0 Å². The fourth-order valence-electron chi connectivity index (χ4n) is 2.48. The molecule has 1 aromatic heterocycles. The Labute approximate surface area is 90.5 Å². The Morgan fingerprint density at radius 3 is 2.60 bits per heavy atom. The van der Waals surface area contributed by atoms with E-state index in [0.29, 0.717) is 0 Å². The van der Waals surface area contributed by atoms with Crippen LogP contribution in [0.2, 0.25) is 0 Å². The van der Waals surface area contributed by atoms with E-state index < -0.39 is 5.60 Å². The van der Waals surface area contributed by atoms with E-state index in [4.69, 9.17) is 0 Å². The van der Waals surface area contributed by atoms with Crippen molar-refractivity contribution in [1.29, 1.82) is 0 Å². The van der Waals surface area contributed by atoms with Gasteiger partial charge in [-0.15, -0.1) is 0 Å². The first-order valence-corrected chi connectivity index (χ1v) is 5.49. The smallest absolute Gasteiger partial charge is 0.0986 e. The van der Waals surface area contributed by atoms with Gasteiger partial charge in [-0.25, -0.2) is 0 Å². The van der Waals surface area contributed by atoms with Crippen LogP contribution in [0.1, 0.15) is 19.4 Å². The predicted molar refractivity (Wildman–Crippen MR) is 59.3 cm³/mol. The molecule has 1 saturated heterocycles. The number of aromatic nitrogens is 1. The number of aliphatic hydroxyl groups is 1. The van der Waals surface area contributed by atoms with E-state index >= 15 is 0 Å². The molecule has 0 spiro atoms. The van der Waals surface area contributed by atoms with Gasteiger partial charge in [-0.3, -0.25) is 4.98 Å². The van der Waals surface area contributed by atoms with E-state index in [1.54, 1.807) is 12.4 Å². The van der Waals surface area contributed by atoms with Crippen LogP contribution in [-0.2, 0) is 5.60 Å². The highest BCUT2D eigenvalue weighted by atomic mass is 16.3. The van der Waals surface area contributed by atoms with Crippen molar-refractivity contribution >= 4 is 0 Å². The van der Waals surface area contributed by atoms with Gasteiger partial charge in [0.05, 0.1) is 5.60 Å². The van der Waals surface area contributed by atoms with Gasteiger partial charge in [0.2, 0.25) is 0 Å². The molecule has 0 bridgehead atoms. The zero-order valence-electron chi connectivity index (χ0n) is 9.27. The number of piperidine rings is 1. The normalized spacial score (nSPS) is 36.5. The molecule has 0 radical (unpaired) electrons. The molecule has 82 valence electrons. The van der Waals surface area contributed by atoms with Gasteiger partial charge in [0.15, 0.2) is 0 Å². The largest absolute Gasteiger partial charge is 0.384 e. The Hall–Kier alpha value is -0.930. The van der Waals surface area contributed by atoms with Gasteiger partial charge in [0.25, 0.3) is 0 Å². The highest BCUT2D eigenvalue weighted by Crippen LogP contribution is 2.38. The highest BCUT2D eigenvalue weighted by molar-refractivity contribution is 5.21. The fraction of sp³-hybridized carbons (Fsp3) is 0.583. The molecular formula is C12H18N2O. The number of nitrogens with one attached hydrogen (secondary N) is 1.